The van der Waals surface area contributed by atoms with Crippen molar-refractivity contribution >= 4 is 15.7 Å². The van der Waals surface area contributed by atoms with E-state index < -0.39 is 16.1 Å². The molecule has 7 nitrogen and oxygen atoms in total. The van der Waals surface area contributed by atoms with E-state index in [9.17, 15) is 17.9 Å². The number of imidazole rings is 1. The van der Waals surface area contributed by atoms with Gasteiger partial charge in [0.25, 0.3) is 10.0 Å². The number of aliphatic hydroxyl groups is 1. The summed E-state index contributed by atoms with van der Waals surface area (Å²) in [5, 5.41) is 10.2. The first-order chi connectivity index (χ1) is 15.3. The SMILES string of the molecule is CN1c2ccc(-c3cccc(F)c3)cc2[C@@H]2[C@@H](CCN2S(=O)(=O)c2cn(C)cn2)[C@H]1CO. The van der Waals surface area contributed by atoms with E-state index >= 15 is 0 Å². The smallest absolute Gasteiger partial charge is 0.262 e. The number of hydrogen-bond donors (Lipinski definition) is 1. The molecule has 2 aromatic carbocycles. The first kappa shape index (κ1) is 21.1. The number of halogens is 1. The maximum atomic E-state index is 13.8. The van der Waals surface area contributed by atoms with Gasteiger partial charge in [-0.3, -0.25) is 0 Å². The highest BCUT2D eigenvalue weighted by Crippen LogP contribution is 2.50. The molecule has 3 atom stereocenters. The summed E-state index contributed by atoms with van der Waals surface area (Å²) in [5.41, 5.74) is 3.28. The molecule has 1 N–H and O–H groups in total. The molecule has 0 unspecified atom stereocenters. The zero-order chi connectivity index (χ0) is 22.6. The van der Waals surface area contributed by atoms with Crippen LogP contribution in [0.3, 0.4) is 0 Å². The highest BCUT2D eigenvalue weighted by atomic mass is 32.2. The van der Waals surface area contributed by atoms with Crippen LogP contribution in [0.25, 0.3) is 11.1 Å². The van der Waals surface area contributed by atoms with Gasteiger partial charge in [-0.1, -0.05) is 18.2 Å². The van der Waals surface area contributed by atoms with Crippen LogP contribution >= 0.6 is 0 Å². The van der Waals surface area contributed by atoms with Crippen molar-refractivity contribution in [3.05, 3.63) is 66.4 Å². The van der Waals surface area contributed by atoms with Crippen molar-refractivity contribution in [2.24, 2.45) is 13.0 Å². The second-order valence-corrected chi connectivity index (χ2v) is 10.4. The zero-order valence-corrected chi connectivity index (χ0v) is 18.7. The van der Waals surface area contributed by atoms with Crippen molar-refractivity contribution in [3.8, 4) is 11.1 Å². The molecule has 5 rings (SSSR count). The second kappa shape index (κ2) is 7.68. The minimum atomic E-state index is -3.82. The van der Waals surface area contributed by atoms with Crippen LogP contribution in [0.4, 0.5) is 10.1 Å². The number of fused-ring (bicyclic) bond motifs is 3. The molecule has 3 heterocycles. The van der Waals surface area contributed by atoms with Gasteiger partial charge < -0.3 is 14.6 Å². The summed E-state index contributed by atoms with van der Waals surface area (Å²) in [6, 6.07) is 11.5. The van der Waals surface area contributed by atoms with E-state index in [0.717, 1.165) is 22.4 Å². The number of aryl methyl sites for hydroxylation is 1. The number of sulfonamides is 1. The fourth-order valence-corrected chi connectivity index (χ4v) is 6.81. The topological polar surface area (TPSA) is 78.7 Å². The van der Waals surface area contributed by atoms with Gasteiger partial charge in [-0.15, -0.1) is 0 Å². The Balaban J connectivity index is 1.65. The van der Waals surface area contributed by atoms with Gasteiger partial charge in [0.2, 0.25) is 0 Å². The van der Waals surface area contributed by atoms with Crippen LogP contribution in [0.5, 0.6) is 0 Å². The van der Waals surface area contributed by atoms with Gasteiger partial charge in [0.05, 0.1) is 25.0 Å². The molecule has 1 fully saturated rings. The third-order valence-electron chi connectivity index (χ3n) is 6.72. The maximum absolute atomic E-state index is 13.8. The first-order valence-corrected chi connectivity index (χ1v) is 12.0. The largest absolute Gasteiger partial charge is 0.394 e. The van der Waals surface area contributed by atoms with Gasteiger partial charge in [-0.25, -0.2) is 17.8 Å². The van der Waals surface area contributed by atoms with Crippen LogP contribution < -0.4 is 4.90 Å². The molecule has 2 aliphatic rings. The summed E-state index contributed by atoms with van der Waals surface area (Å²) in [7, 11) is -0.166. The number of nitrogens with zero attached hydrogens (tertiary/aromatic N) is 4. The predicted molar refractivity (Wildman–Crippen MR) is 119 cm³/mol. The molecule has 0 amide bonds. The Bertz CT molecular complexity index is 1280. The Hall–Kier alpha value is -2.75. The van der Waals surface area contributed by atoms with Crippen molar-refractivity contribution < 1.29 is 17.9 Å². The summed E-state index contributed by atoms with van der Waals surface area (Å²) in [5.74, 6) is -0.394. The van der Waals surface area contributed by atoms with Gasteiger partial charge in [-0.2, -0.15) is 4.31 Å². The van der Waals surface area contributed by atoms with E-state index in [2.05, 4.69) is 4.98 Å². The van der Waals surface area contributed by atoms with E-state index in [1.807, 2.05) is 36.2 Å². The van der Waals surface area contributed by atoms with E-state index in [4.69, 9.17) is 0 Å². The molecule has 168 valence electrons. The molecule has 3 aromatic rings. The lowest BCUT2D eigenvalue weighted by Crippen LogP contribution is -2.48. The van der Waals surface area contributed by atoms with Gasteiger partial charge in [-0.05, 0) is 47.4 Å². The van der Waals surface area contributed by atoms with Crippen molar-refractivity contribution in [2.45, 2.75) is 23.5 Å². The Morgan fingerprint density at radius 2 is 1.94 bits per heavy atom. The molecule has 0 radical (unpaired) electrons. The quantitative estimate of drug-likeness (QED) is 0.653. The summed E-state index contributed by atoms with van der Waals surface area (Å²) >= 11 is 0. The minimum absolute atomic E-state index is 0.0166. The van der Waals surface area contributed by atoms with Crippen LogP contribution in [0.1, 0.15) is 18.0 Å². The third-order valence-corrected chi connectivity index (χ3v) is 8.48. The second-order valence-electron chi connectivity index (χ2n) is 8.54. The first-order valence-electron chi connectivity index (χ1n) is 10.5. The number of rotatable bonds is 4. The minimum Gasteiger partial charge on any atom is -0.394 e. The molecule has 0 bridgehead atoms. The fraction of sp³-hybridized carbons (Fsp3) is 0.348. The molecule has 0 saturated carbocycles. The van der Waals surface area contributed by atoms with Crippen molar-refractivity contribution in [3.63, 3.8) is 0 Å². The Kier molecular flexibility index (Phi) is 5.07. The molecular formula is C23H25FN4O3S. The van der Waals surface area contributed by atoms with Crippen LogP contribution in [0.15, 0.2) is 60.0 Å². The lowest BCUT2D eigenvalue weighted by Gasteiger charge is -2.44. The average Bonchev–Trinajstić information content (AvgIpc) is 3.41. The number of aromatic nitrogens is 2. The van der Waals surface area contributed by atoms with Gasteiger partial charge in [0, 0.05) is 38.4 Å². The molecule has 9 heteroatoms. The lowest BCUT2D eigenvalue weighted by molar-refractivity contribution is 0.193. The van der Waals surface area contributed by atoms with E-state index in [0.29, 0.717) is 13.0 Å². The van der Waals surface area contributed by atoms with Crippen molar-refractivity contribution in [1.82, 2.24) is 13.9 Å². The number of aliphatic hydroxyl groups excluding tert-OH is 1. The monoisotopic (exact) mass is 456 g/mol. The number of likely N-dealkylation sites (N-methyl/N-ethyl adjacent to an activating group) is 1. The number of anilines is 1. The predicted octanol–water partition coefficient (Wildman–Crippen LogP) is 2.79. The third kappa shape index (κ3) is 3.23. The van der Waals surface area contributed by atoms with E-state index in [1.165, 1.54) is 29.0 Å². The van der Waals surface area contributed by atoms with Gasteiger partial charge >= 0.3 is 0 Å². The summed E-state index contributed by atoms with van der Waals surface area (Å²) in [4.78, 5) is 6.12. The Morgan fingerprint density at radius 3 is 2.62 bits per heavy atom. The highest BCUT2D eigenvalue weighted by molar-refractivity contribution is 7.89. The normalized spacial score (nSPS) is 23.2. The van der Waals surface area contributed by atoms with Gasteiger partial charge in [0.15, 0.2) is 5.03 Å². The molecule has 0 spiro atoms. The van der Waals surface area contributed by atoms with Gasteiger partial charge in [0.1, 0.15) is 5.82 Å². The molecule has 32 heavy (non-hydrogen) atoms. The van der Waals surface area contributed by atoms with E-state index in [1.54, 1.807) is 17.7 Å². The summed E-state index contributed by atoms with van der Waals surface area (Å²) < 4.78 is 44.0. The van der Waals surface area contributed by atoms with Crippen molar-refractivity contribution in [1.29, 1.82) is 0 Å². The molecular weight excluding hydrogens is 431 g/mol. The lowest BCUT2D eigenvalue weighted by atomic mass is 9.81. The molecule has 1 aromatic heterocycles. The Labute approximate surface area is 186 Å². The Morgan fingerprint density at radius 1 is 1.16 bits per heavy atom. The molecule has 1 saturated heterocycles. The van der Waals surface area contributed by atoms with Crippen LogP contribution in [0.2, 0.25) is 0 Å². The van der Waals surface area contributed by atoms with Crippen LogP contribution in [0, 0.1) is 11.7 Å². The average molecular weight is 457 g/mol. The van der Waals surface area contributed by atoms with E-state index in [-0.39, 0.29) is 29.4 Å². The molecule has 0 aliphatic carbocycles. The number of hydrogen-bond acceptors (Lipinski definition) is 5. The number of benzene rings is 2. The fourth-order valence-electron chi connectivity index (χ4n) is 5.17. The molecule has 2 aliphatic heterocycles. The van der Waals surface area contributed by atoms with Crippen molar-refractivity contribution in [2.75, 3.05) is 25.1 Å². The van der Waals surface area contributed by atoms with Crippen LogP contribution in [-0.2, 0) is 17.1 Å². The summed E-state index contributed by atoms with van der Waals surface area (Å²) in [6.45, 7) is 0.280. The standard InChI is InChI=1S/C23H25FN4O3S/c1-26-12-22(25-14-26)32(30,31)28-9-8-18-21(13-29)27(2)20-7-6-16(11-19(20)23(18)28)15-4-3-5-17(24)10-15/h3-7,10-12,14,18,21,23,29H,8-9,13H2,1-2H3/t18-,21+,23-/m0/s1. The van der Waals surface area contributed by atoms with Crippen LogP contribution in [-0.4, -0.2) is 53.6 Å². The maximum Gasteiger partial charge on any atom is 0.262 e. The zero-order valence-electron chi connectivity index (χ0n) is 17.9. The summed E-state index contributed by atoms with van der Waals surface area (Å²) in [6.07, 6.45) is 3.61. The highest BCUT2D eigenvalue weighted by Gasteiger charge is 2.50.